The molecule has 0 radical (unpaired) electrons. The van der Waals surface area contributed by atoms with Crippen LogP contribution in [0.15, 0.2) is 0 Å². The van der Waals surface area contributed by atoms with Gasteiger partial charge in [-0.05, 0) is 38.6 Å². The second-order valence-electron chi connectivity index (χ2n) is 7.24. The largest absolute Gasteiger partial charge is 0.466 e. The van der Waals surface area contributed by atoms with Crippen LogP contribution < -0.4 is 5.32 Å². The Labute approximate surface area is 168 Å². The van der Waals surface area contributed by atoms with E-state index >= 15 is 0 Å². The average molecular weight is 421 g/mol. The van der Waals surface area contributed by atoms with E-state index in [1.54, 1.807) is 0 Å². The molecule has 0 saturated carbocycles. The summed E-state index contributed by atoms with van der Waals surface area (Å²) in [5, 5.41) is 3.19. The van der Waals surface area contributed by atoms with Crippen molar-refractivity contribution in [3.8, 4) is 0 Å². The van der Waals surface area contributed by atoms with Gasteiger partial charge in [-0.15, -0.1) is 0 Å². The summed E-state index contributed by atoms with van der Waals surface area (Å²) in [7, 11) is -3.97. The van der Waals surface area contributed by atoms with Crippen LogP contribution in [0.5, 0.6) is 0 Å². The maximum atomic E-state index is 12.5. The number of ether oxygens (including phenoxy) is 2. The molecule has 0 spiro atoms. The lowest BCUT2D eigenvalue weighted by Gasteiger charge is -2.20. The lowest BCUT2D eigenvalue weighted by molar-refractivity contribution is -0.149. The van der Waals surface area contributed by atoms with Gasteiger partial charge in [0.2, 0.25) is 0 Å². The van der Waals surface area contributed by atoms with Gasteiger partial charge >= 0.3 is 19.5 Å². The molecule has 1 heterocycles. The van der Waals surface area contributed by atoms with E-state index in [1.807, 2.05) is 13.8 Å². The molecular formula is C19H36NO7P. The summed E-state index contributed by atoms with van der Waals surface area (Å²) in [5.74, 6) is -1.85. The van der Waals surface area contributed by atoms with E-state index in [0.29, 0.717) is 6.61 Å². The number of hydrogen-bond acceptors (Lipinski definition) is 7. The molecule has 2 unspecified atom stereocenters. The molecule has 9 heteroatoms. The number of unbranched alkanes of at least 4 members (excludes halogenated alkanes) is 2. The lowest BCUT2D eigenvalue weighted by atomic mass is 10.1. The number of carbonyl (C=O) groups excluding carboxylic acids is 2. The minimum Gasteiger partial charge on any atom is -0.466 e. The molecule has 1 rings (SSSR count). The van der Waals surface area contributed by atoms with Crippen LogP contribution in [0, 0.1) is 5.92 Å². The number of esters is 2. The highest BCUT2D eigenvalue weighted by Gasteiger charge is 2.32. The first-order valence-electron chi connectivity index (χ1n) is 10.4. The zero-order valence-electron chi connectivity index (χ0n) is 17.2. The number of carbonyl (C=O) groups is 2. The third kappa shape index (κ3) is 11.1. The second-order valence-corrected chi connectivity index (χ2v) is 9.14. The van der Waals surface area contributed by atoms with Gasteiger partial charge in [0.05, 0.1) is 31.9 Å². The van der Waals surface area contributed by atoms with Gasteiger partial charge in [-0.3, -0.25) is 14.2 Å². The maximum absolute atomic E-state index is 12.5. The lowest BCUT2D eigenvalue weighted by Crippen LogP contribution is -2.28. The van der Waals surface area contributed by atoms with Gasteiger partial charge in [-0.2, -0.15) is 0 Å². The Morgan fingerprint density at radius 3 is 2.46 bits per heavy atom. The maximum Gasteiger partial charge on any atom is 0.329 e. The molecule has 0 aliphatic carbocycles. The molecule has 3 atom stereocenters. The van der Waals surface area contributed by atoms with Crippen molar-refractivity contribution in [3.05, 3.63) is 0 Å². The zero-order chi connectivity index (χ0) is 20.8. The highest BCUT2D eigenvalue weighted by Crippen LogP contribution is 2.45. The summed E-state index contributed by atoms with van der Waals surface area (Å²) in [6, 6.07) is 0.0592. The number of hydrogen-bond donors (Lipinski definition) is 2. The fraction of sp³-hybridized carbons (Fsp3) is 0.895. The SMILES string of the molecule is CCCCOC(=O)CCC(CP(=O)(O)OC[C@@H]1CCCN1)C(=O)OCCCC. The predicted molar refractivity (Wildman–Crippen MR) is 106 cm³/mol. The first-order valence-corrected chi connectivity index (χ1v) is 12.2. The van der Waals surface area contributed by atoms with Crippen LogP contribution >= 0.6 is 7.60 Å². The number of rotatable bonds is 15. The van der Waals surface area contributed by atoms with Gasteiger partial charge in [-0.1, -0.05) is 26.7 Å². The van der Waals surface area contributed by atoms with E-state index in [9.17, 15) is 19.0 Å². The van der Waals surface area contributed by atoms with Crippen molar-refractivity contribution >= 4 is 19.5 Å². The Hall–Kier alpha value is -0.950. The Bertz CT molecular complexity index is 509. The fourth-order valence-electron chi connectivity index (χ4n) is 2.85. The topological polar surface area (TPSA) is 111 Å². The minimum atomic E-state index is -3.97. The average Bonchev–Trinajstić information content (AvgIpc) is 3.17. The molecule has 0 aromatic rings. The predicted octanol–water partition coefficient (Wildman–Crippen LogP) is 3.02. The first-order chi connectivity index (χ1) is 13.4. The third-order valence-electron chi connectivity index (χ3n) is 4.62. The molecule has 1 fully saturated rings. The van der Waals surface area contributed by atoms with Crippen LogP contribution in [0.2, 0.25) is 0 Å². The Balaban J connectivity index is 2.55. The summed E-state index contributed by atoms with van der Waals surface area (Å²) in [4.78, 5) is 34.4. The van der Waals surface area contributed by atoms with Crippen LogP contribution in [0.1, 0.15) is 65.2 Å². The van der Waals surface area contributed by atoms with Crippen LogP contribution in [0.25, 0.3) is 0 Å². The third-order valence-corrected chi connectivity index (χ3v) is 6.08. The van der Waals surface area contributed by atoms with Crippen LogP contribution in [0.4, 0.5) is 0 Å². The van der Waals surface area contributed by atoms with Crippen molar-refractivity contribution in [3.63, 3.8) is 0 Å². The monoisotopic (exact) mass is 421 g/mol. The van der Waals surface area contributed by atoms with Crippen molar-refractivity contribution in [2.45, 2.75) is 71.3 Å². The molecule has 0 aromatic heterocycles. The van der Waals surface area contributed by atoms with Gasteiger partial charge in [0.1, 0.15) is 0 Å². The molecule has 1 aliphatic rings. The molecule has 2 N–H and O–H groups in total. The molecule has 0 amide bonds. The normalized spacial score (nSPS) is 19.8. The molecule has 0 bridgehead atoms. The van der Waals surface area contributed by atoms with E-state index in [-0.39, 0.29) is 38.3 Å². The molecule has 1 saturated heterocycles. The van der Waals surface area contributed by atoms with E-state index in [2.05, 4.69) is 5.32 Å². The van der Waals surface area contributed by atoms with Crippen molar-refractivity contribution < 1.29 is 33.0 Å². The van der Waals surface area contributed by atoms with Crippen LogP contribution in [-0.2, 0) is 28.2 Å². The Kier molecular flexibility index (Phi) is 12.6. The molecule has 8 nitrogen and oxygen atoms in total. The smallest absolute Gasteiger partial charge is 0.329 e. The summed E-state index contributed by atoms with van der Waals surface area (Å²) in [5.41, 5.74) is 0. The highest BCUT2D eigenvalue weighted by molar-refractivity contribution is 7.52. The zero-order valence-corrected chi connectivity index (χ0v) is 18.1. The van der Waals surface area contributed by atoms with Crippen molar-refractivity contribution in [1.29, 1.82) is 0 Å². The van der Waals surface area contributed by atoms with Gasteiger partial charge in [0.15, 0.2) is 0 Å². The number of nitrogens with one attached hydrogen (secondary N) is 1. The molecule has 164 valence electrons. The van der Waals surface area contributed by atoms with E-state index in [4.69, 9.17) is 14.0 Å². The first kappa shape index (κ1) is 25.1. The summed E-state index contributed by atoms with van der Waals surface area (Å²) < 4.78 is 28.0. The van der Waals surface area contributed by atoms with E-state index in [1.165, 1.54) is 0 Å². The second kappa shape index (κ2) is 14.1. The Morgan fingerprint density at radius 1 is 1.18 bits per heavy atom. The van der Waals surface area contributed by atoms with Crippen molar-refractivity contribution in [1.82, 2.24) is 5.32 Å². The van der Waals surface area contributed by atoms with Gasteiger partial charge in [0, 0.05) is 12.5 Å². The summed E-state index contributed by atoms with van der Waals surface area (Å²) >= 11 is 0. The van der Waals surface area contributed by atoms with Crippen LogP contribution in [0.3, 0.4) is 0 Å². The summed E-state index contributed by atoms with van der Waals surface area (Å²) in [6.45, 7) is 5.58. The molecule has 1 aliphatic heterocycles. The Morgan fingerprint density at radius 2 is 1.86 bits per heavy atom. The van der Waals surface area contributed by atoms with Crippen molar-refractivity contribution in [2.75, 3.05) is 32.5 Å². The molecule has 28 heavy (non-hydrogen) atoms. The van der Waals surface area contributed by atoms with Gasteiger partial charge in [0.25, 0.3) is 0 Å². The highest BCUT2D eigenvalue weighted by atomic mass is 31.2. The van der Waals surface area contributed by atoms with Gasteiger partial charge in [-0.25, -0.2) is 0 Å². The van der Waals surface area contributed by atoms with Crippen LogP contribution in [-0.4, -0.2) is 55.4 Å². The quantitative estimate of drug-likeness (QED) is 0.236. The van der Waals surface area contributed by atoms with E-state index in [0.717, 1.165) is 45.1 Å². The van der Waals surface area contributed by atoms with E-state index < -0.39 is 25.5 Å². The standard InChI is InChI=1S/C19H36NO7P/c1-3-5-12-25-18(21)10-9-16(19(22)26-13-6-4-2)15-28(23,24)27-14-17-8-7-11-20-17/h16-17,20H,3-15H2,1-2H3,(H,23,24)/t16?,17-/m0/s1. The minimum absolute atomic E-state index is 0.00143. The molecular weight excluding hydrogens is 385 g/mol. The fourth-order valence-corrected chi connectivity index (χ4v) is 4.26. The van der Waals surface area contributed by atoms with Crippen molar-refractivity contribution in [2.24, 2.45) is 5.92 Å². The summed E-state index contributed by atoms with van der Waals surface area (Å²) in [6.07, 6.45) is 4.95. The molecule has 0 aromatic carbocycles. The van der Waals surface area contributed by atoms with Gasteiger partial charge < -0.3 is 24.2 Å².